The zero-order valence-electron chi connectivity index (χ0n) is 50.3. The van der Waals surface area contributed by atoms with Gasteiger partial charge in [0.25, 0.3) is 11.8 Å². The van der Waals surface area contributed by atoms with E-state index in [4.69, 9.17) is 121 Å². The zero-order chi connectivity index (χ0) is 64.9. The highest BCUT2D eigenvalue weighted by Gasteiger charge is 2.44. The zero-order valence-corrected chi connectivity index (χ0v) is 56.4. The molecule has 15 nitrogen and oxygen atoms in total. The van der Waals surface area contributed by atoms with Gasteiger partial charge in [0.2, 0.25) is 0 Å². The summed E-state index contributed by atoms with van der Waals surface area (Å²) in [7, 11) is 0. The molecule has 23 heteroatoms. The van der Waals surface area contributed by atoms with E-state index in [0.29, 0.717) is 112 Å². The molecule has 0 unspecified atom stereocenters. The quantitative estimate of drug-likeness (QED) is 0.0388. The first-order valence-corrected chi connectivity index (χ1v) is 32.8. The summed E-state index contributed by atoms with van der Waals surface area (Å²) in [4.78, 5) is 47.7. The van der Waals surface area contributed by atoms with Gasteiger partial charge in [0.1, 0.15) is 50.3 Å². The van der Waals surface area contributed by atoms with Gasteiger partial charge in [-0.1, -0.05) is 153 Å². The van der Waals surface area contributed by atoms with Crippen molar-refractivity contribution in [2.24, 2.45) is 0 Å². The molecule has 91 heavy (non-hydrogen) atoms. The van der Waals surface area contributed by atoms with Crippen molar-refractivity contribution >= 4 is 122 Å². The van der Waals surface area contributed by atoms with Crippen molar-refractivity contribution < 1.29 is 53.0 Å². The van der Waals surface area contributed by atoms with Crippen LogP contribution in [0.25, 0.3) is 11.1 Å². The van der Waals surface area contributed by atoms with Crippen LogP contribution in [0.3, 0.4) is 0 Å². The molecule has 2 atom stereocenters. The van der Waals surface area contributed by atoms with Crippen molar-refractivity contribution in [3.05, 3.63) is 195 Å². The maximum atomic E-state index is 14.8. The van der Waals surface area contributed by atoms with E-state index in [-0.39, 0.29) is 70.0 Å². The van der Waals surface area contributed by atoms with Gasteiger partial charge < -0.3 is 53.8 Å². The topological polar surface area (TPSA) is 169 Å². The smallest absolute Gasteiger partial charge is 0.410 e. The summed E-state index contributed by atoms with van der Waals surface area (Å²) < 4.78 is 34.4. The summed E-state index contributed by atoms with van der Waals surface area (Å²) >= 11 is 50.3. The van der Waals surface area contributed by atoms with Gasteiger partial charge in [-0.05, 0) is 160 Å². The molecule has 2 fully saturated rings. The summed E-state index contributed by atoms with van der Waals surface area (Å²) in [6.07, 6.45) is 3.98. The van der Waals surface area contributed by atoms with E-state index in [2.05, 4.69) is 5.32 Å². The highest BCUT2D eigenvalue weighted by atomic mass is 35.5. The second kappa shape index (κ2) is 32.5. The molecule has 10 rings (SSSR count). The fourth-order valence-electron chi connectivity index (χ4n) is 10.8. The van der Waals surface area contributed by atoms with Crippen LogP contribution >= 0.6 is 92.8 Å². The lowest BCUT2D eigenvalue weighted by molar-refractivity contribution is -0.130. The van der Waals surface area contributed by atoms with Crippen LogP contribution in [0.5, 0.6) is 23.0 Å². The molecule has 0 spiro atoms. The number of amides is 3. The number of ether oxygens (including phenoxy) is 6. The number of carbonyl (C=O) groups is 3. The first-order chi connectivity index (χ1) is 43.7. The van der Waals surface area contributed by atoms with Crippen molar-refractivity contribution in [1.82, 2.24) is 20.0 Å². The second-order valence-corrected chi connectivity index (χ2v) is 26.2. The fourth-order valence-corrected chi connectivity index (χ4v) is 12.5. The van der Waals surface area contributed by atoms with Crippen LogP contribution in [0.4, 0.5) is 4.79 Å². The molecule has 2 aliphatic carbocycles. The SMILES string of the molecule is CC(C)(C)OC(=O)N1CCC(c2ccc(OCCOc3c(Cl)cccc3Cl)cc2)=C(C(=O)N(Cc2cccc(Cl)c2Cl)C2CC2)[C@H]1COCO.O=C(C1=C(c2ccc(OCCOc3c(Cl)cccc3Cl)cc2)CCN[C@@H]1CO)N(Cc1cccc(Cl)c1Cl)C1CC1. The number of carbonyl (C=O) groups excluding carboxylic acids is 3. The van der Waals surface area contributed by atoms with E-state index >= 15 is 0 Å². The molecular formula is C68H70Cl8N4O11. The van der Waals surface area contributed by atoms with Crippen molar-refractivity contribution in [2.75, 3.05) is 59.5 Å². The maximum Gasteiger partial charge on any atom is 0.410 e. The number of para-hydroxylation sites is 2. The summed E-state index contributed by atoms with van der Waals surface area (Å²) in [5.41, 5.74) is 5.09. The van der Waals surface area contributed by atoms with Gasteiger partial charge in [0, 0.05) is 42.9 Å². The van der Waals surface area contributed by atoms with Gasteiger partial charge in [-0.15, -0.1) is 0 Å². The summed E-state index contributed by atoms with van der Waals surface area (Å²) in [5, 5.41) is 26.6. The predicted octanol–water partition coefficient (Wildman–Crippen LogP) is 15.7. The molecule has 484 valence electrons. The number of hydrogen-bond donors (Lipinski definition) is 3. The molecular weight excluding hydrogens is 1330 g/mol. The highest BCUT2D eigenvalue weighted by Crippen LogP contribution is 2.41. The Labute approximate surface area is 570 Å². The van der Waals surface area contributed by atoms with Crippen LogP contribution in [0.15, 0.2) is 132 Å². The number of hydrogen-bond acceptors (Lipinski definition) is 12. The number of aliphatic hydroxyl groups is 2. The Morgan fingerprint density at radius 3 is 1.40 bits per heavy atom. The molecule has 6 aromatic carbocycles. The number of halogens is 8. The van der Waals surface area contributed by atoms with Crippen LogP contribution < -0.4 is 24.3 Å². The van der Waals surface area contributed by atoms with E-state index < -0.39 is 30.6 Å². The average Bonchev–Trinajstić information content (AvgIpc) is 1.78. The number of benzene rings is 6. The third-order valence-electron chi connectivity index (χ3n) is 15.4. The minimum absolute atomic E-state index is 0.0127. The lowest BCUT2D eigenvalue weighted by Gasteiger charge is -2.40. The molecule has 4 aliphatic rings. The summed E-state index contributed by atoms with van der Waals surface area (Å²) in [5.74, 6) is 1.74. The molecule has 3 N–H and O–H groups in total. The number of nitrogens with zero attached hydrogens (tertiary/aromatic N) is 3. The van der Waals surface area contributed by atoms with Gasteiger partial charge in [-0.3, -0.25) is 14.5 Å². The number of aliphatic hydroxyl groups excluding tert-OH is 2. The standard InChI is InChI=1S/C37H40Cl4N2O7.C31H30Cl4N2O4/c1-37(2,3)50-36(46)42-17-16-27(23-10-14-26(15-11-23)48-18-19-49-34-29(39)8-5-9-30(34)40)32(31(42)21-47-22-44)35(45)43(25-12-13-25)20-24-6-4-7-28(38)33(24)41;32-24-4-1-3-20(29(24)35)17-37(21-9-10-21)31(39)28-23(13-14-36-27(28)18-38)19-7-11-22(12-8-19)40-15-16-41-30-25(33)5-2-6-26(30)34/h4-11,14-15,25,31,44H,12-13,16-22H2,1-3H3;1-8,11-12,21,27,36,38H,9-10,13-18H2/t31-;27-/m11/s1. The third kappa shape index (κ3) is 18.4. The Bertz CT molecular complexity index is 3560. The van der Waals surface area contributed by atoms with E-state index in [1.54, 1.807) is 80.3 Å². The van der Waals surface area contributed by atoms with Crippen LogP contribution in [0.1, 0.15) is 81.5 Å². The normalized spacial score (nSPS) is 16.6. The Kier molecular flexibility index (Phi) is 24.9. The van der Waals surface area contributed by atoms with Crippen molar-refractivity contribution in [3.63, 3.8) is 0 Å². The largest absolute Gasteiger partial charge is 0.490 e. The minimum Gasteiger partial charge on any atom is -0.490 e. The Morgan fingerprint density at radius 1 is 0.549 bits per heavy atom. The van der Waals surface area contributed by atoms with Gasteiger partial charge in [0.15, 0.2) is 11.5 Å². The molecule has 6 aromatic rings. The highest BCUT2D eigenvalue weighted by molar-refractivity contribution is 6.43. The molecule has 2 aliphatic heterocycles. The maximum absolute atomic E-state index is 14.8. The van der Waals surface area contributed by atoms with Crippen molar-refractivity contribution in [1.29, 1.82) is 0 Å². The van der Waals surface area contributed by atoms with Crippen LogP contribution in [-0.4, -0.2) is 132 Å². The third-order valence-corrected chi connectivity index (χ3v) is 18.3. The second-order valence-electron chi connectivity index (χ2n) is 23.0. The van der Waals surface area contributed by atoms with Gasteiger partial charge >= 0.3 is 6.09 Å². The molecule has 0 aromatic heterocycles. The van der Waals surface area contributed by atoms with E-state index in [1.807, 2.05) is 71.6 Å². The molecule has 2 heterocycles. The van der Waals surface area contributed by atoms with Crippen molar-refractivity contribution in [2.45, 2.75) is 102 Å². The molecule has 0 radical (unpaired) electrons. The van der Waals surface area contributed by atoms with E-state index in [1.165, 1.54) is 4.90 Å². The molecule has 0 bridgehead atoms. The van der Waals surface area contributed by atoms with E-state index in [9.17, 15) is 24.6 Å². The lowest BCUT2D eigenvalue weighted by atomic mass is 9.87. The Balaban J connectivity index is 0.000000219. The van der Waals surface area contributed by atoms with Gasteiger partial charge in [-0.25, -0.2) is 4.79 Å². The number of rotatable bonds is 24. The van der Waals surface area contributed by atoms with Crippen LogP contribution in [0, 0.1) is 0 Å². The van der Waals surface area contributed by atoms with Gasteiger partial charge in [-0.2, -0.15) is 0 Å². The molecule has 3 amide bonds. The minimum atomic E-state index is -0.839. The monoisotopic (exact) mass is 1400 g/mol. The fraction of sp³-hybridized carbons (Fsp3) is 0.368. The molecule has 2 saturated carbocycles. The average molecular weight is 1400 g/mol. The summed E-state index contributed by atoms with van der Waals surface area (Å²) in [6, 6.07) is 35.0. The predicted molar refractivity (Wildman–Crippen MR) is 360 cm³/mol. The Hall–Kier alpha value is -5.63. The van der Waals surface area contributed by atoms with E-state index in [0.717, 1.165) is 53.5 Å². The van der Waals surface area contributed by atoms with Crippen LogP contribution in [0.2, 0.25) is 40.2 Å². The van der Waals surface area contributed by atoms with Crippen molar-refractivity contribution in [3.8, 4) is 23.0 Å². The number of nitrogens with one attached hydrogen (secondary N) is 1. The first kappa shape index (κ1) is 69.7. The summed E-state index contributed by atoms with van der Waals surface area (Å²) in [6.45, 7) is 7.00. The van der Waals surface area contributed by atoms with Crippen LogP contribution in [-0.2, 0) is 32.2 Å². The first-order valence-electron chi connectivity index (χ1n) is 29.8. The van der Waals surface area contributed by atoms with Gasteiger partial charge in [0.05, 0.1) is 65.5 Å². The lowest BCUT2D eigenvalue weighted by Crippen LogP contribution is -2.52. The molecule has 0 saturated heterocycles. The Morgan fingerprint density at radius 2 is 0.967 bits per heavy atom.